The standard InChI is InChI=1S/C25H22FN3O2.CH5NO2S.H2/c1-16-13-24(17-3-10-22(31-2)11-4-17)28(25(16)30)21-9-12-23-18(14-21)15-27-29(23)20-7-5-19(26)6-8-20;1-5(2,3)4;/h3-12,14-16,24H,13H2,1-2H3;1H3,(H2,2,3,4);1H/t16?,24-;;/m0../s1. The number of aromatic nitrogens is 2. The Labute approximate surface area is 210 Å². The van der Waals surface area contributed by atoms with Crippen LogP contribution in [0, 0.1) is 11.7 Å². The number of nitrogens with zero attached hydrogens (tertiary/aromatic N) is 3. The van der Waals surface area contributed by atoms with Gasteiger partial charge in [-0.05, 0) is 66.6 Å². The molecule has 0 aliphatic carbocycles. The molecule has 8 nitrogen and oxygen atoms in total. The van der Waals surface area contributed by atoms with Crippen molar-refractivity contribution in [3.05, 3.63) is 84.3 Å². The monoisotopic (exact) mass is 512 g/mol. The van der Waals surface area contributed by atoms with Crippen molar-refractivity contribution in [1.29, 1.82) is 0 Å². The molecule has 1 fully saturated rings. The molecular weight excluding hydrogens is 483 g/mol. The average Bonchev–Trinajstić information content (AvgIpc) is 3.39. The topological polar surface area (TPSA) is 108 Å². The third-order valence-corrected chi connectivity index (χ3v) is 5.95. The maximum Gasteiger partial charge on any atom is 0.230 e. The molecule has 2 atom stereocenters. The number of anilines is 1. The number of sulfonamides is 1. The van der Waals surface area contributed by atoms with Crippen LogP contribution in [0.25, 0.3) is 16.6 Å². The first kappa shape index (κ1) is 25.3. The van der Waals surface area contributed by atoms with Crippen molar-refractivity contribution in [2.24, 2.45) is 11.1 Å². The minimum absolute atomic E-state index is 0. The van der Waals surface area contributed by atoms with Gasteiger partial charge in [-0.3, -0.25) is 4.79 Å². The van der Waals surface area contributed by atoms with E-state index in [1.807, 2.05) is 54.3 Å². The fourth-order valence-electron chi connectivity index (χ4n) is 4.31. The normalized spacial score (nSPS) is 17.7. The number of fused-ring (bicyclic) bond motifs is 1. The van der Waals surface area contributed by atoms with Crippen LogP contribution in [0.5, 0.6) is 5.75 Å². The molecule has 1 aliphatic rings. The van der Waals surface area contributed by atoms with Crippen molar-refractivity contribution >= 4 is 32.5 Å². The molecule has 0 bridgehead atoms. The van der Waals surface area contributed by atoms with E-state index in [-0.39, 0.29) is 25.1 Å². The quantitative estimate of drug-likeness (QED) is 0.435. The van der Waals surface area contributed by atoms with E-state index in [0.717, 1.165) is 46.3 Å². The predicted octanol–water partition coefficient (Wildman–Crippen LogP) is 4.44. The first-order valence-electron chi connectivity index (χ1n) is 11.2. The van der Waals surface area contributed by atoms with Crippen LogP contribution in [-0.4, -0.2) is 37.5 Å². The summed E-state index contributed by atoms with van der Waals surface area (Å²) in [6.07, 6.45) is 3.47. The van der Waals surface area contributed by atoms with Gasteiger partial charge in [0.05, 0.1) is 36.8 Å². The molecular formula is C26H29FN4O4S. The highest BCUT2D eigenvalue weighted by atomic mass is 32.2. The SMILES string of the molecule is COc1ccc([C@@H]2CC(C)C(=O)N2c2ccc3c(cnn3-c3ccc(F)cc3)c2)cc1.CS(N)(=O)=O.[HH]. The molecule has 5 rings (SSSR count). The lowest BCUT2D eigenvalue weighted by Gasteiger charge is -2.25. The maximum absolute atomic E-state index is 13.3. The van der Waals surface area contributed by atoms with E-state index in [0.29, 0.717) is 0 Å². The molecule has 0 radical (unpaired) electrons. The highest BCUT2D eigenvalue weighted by molar-refractivity contribution is 7.88. The second-order valence-electron chi connectivity index (χ2n) is 8.74. The summed E-state index contributed by atoms with van der Waals surface area (Å²) in [5.74, 6) is 0.576. The number of methoxy groups -OCH3 is 1. The molecule has 1 aliphatic heterocycles. The van der Waals surface area contributed by atoms with Gasteiger partial charge in [0.1, 0.15) is 11.6 Å². The van der Waals surface area contributed by atoms with Crippen molar-refractivity contribution in [2.75, 3.05) is 18.3 Å². The van der Waals surface area contributed by atoms with Gasteiger partial charge in [0, 0.05) is 18.4 Å². The van der Waals surface area contributed by atoms with Crippen LogP contribution in [0.4, 0.5) is 10.1 Å². The minimum Gasteiger partial charge on any atom is -0.497 e. The van der Waals surface area contributed by atoms with Crippen LogP contribution in [0.15, 0.2) is 72.9 Å². The molecule has 0 spiro atoms. The lowest BCUT2D eigenvalue weighted by atomic mass is 10.0. The van der Waals surface area contributed by atoms with Gasteiger partial charge in [-0.2, -0.15) is 5.10 Å². The van der Waals surface area contributed by atoms with E-state index in [2.05, 4.69) is 10.2 Å². The minimum atomic E-state index is -3.17. The largest absolute Gasteiger partial charge is 0.497 e. The van der Waals surface area contributed by atoms with E-state index in [9.17, 15) is 17.6 Å². The first-order valence-corrected chi connectivity index (χ1v) is 13.2. The first-order chi connectivity index (χ1) is 17.0. The molecule has 10 heteroatoms. The second-order valence-corrected chi connectivity index (χ2v) is 10.4. The van der Waals surface area contributed by atoms with Crippen LogP contribution in [-0.2, 0) is 14.8 Å². The van der Waals surface area contributed by atoms with Gasteiger partial charge in [-0.15, -0.1) is 0 Å². The lowest BCUT2D eigenvalue weighted by Crippen LogP contribution is -2.28. The van der Waals surface area contributed by atoms with E-state index in [4.69, 9.17) is 4.74 Å². The van der Waals surface area contributed by atoms with E-state index in [1.165, 1.54) is 12.1 Å². The van der Waals surface area contributed by atoms with Gasteiger partial charge < -0.3 is 9.64 Å². The summed E-state index contributed by atoms with van der Waals surface area (Å²) in [7, 11) is -1.52. The van der Waals surface area contributed by atoms with Crippen LogP contribution in [0.1, 0.15) is 26.4 Å². The van der Waals surface area contributed by atoms with Crippen LogP contribution in [0.2, 0.25) is 0 Å². The Bertz CT molecular complexity index is 1480. The third-order valence-electron chi connectivity index (χ3n) is 5.95. The molecule has 4 aromatic rings. The molecule has 1 aromatic heterocycles. The Hall–Kier alpha value is -3.76. The van der Waals surface area contributed by atoms with Gasteiger partial charge in [0.2, 0.25) is 15.9 Å². The molecule has 1 amide bonds. The number of hydrogen-bond acceptors (Lipinski definition) is 5. The second kappa shape index (κ2) is 10.1. The number of nitrogens with two attached hydrogens (primary N) is 1. The Morgan fingerprint density at radius 2 is 1.67 bits per heavy atom. The Morgan fingerprint density at radius 1 is 1.06 bits per heavy atom. The van der Waals surface area contributed by atoms with E-state index >= 15 is 0 Å². The van der Waals surface area contributed by atoms with Gasteiger partial charge in [0.25, 0.3) is 0 Å². The number of primary sulfonamides is 1. The maximum atomic E-state index is 13.3. The molecule has 1 unspecified atom stereocenters. The van der Waals surface area contributed by atoms with E-state index in [1.54, 1.807) is 30.1 Å². The lowest BCUT2D eigenvalue weighted by molar-refractivity contribution is -0.120. The van der Waals surface area contributed by atoms with Crippen LogP contribution in [0.3, 0.4) is 0 Å². The predicted molar refractivity (Wildman–Crippen MR) is 139 cm³/mol. The average molecular weight is 513 g/mol. The van der Waals surface area contributed by atoms with Crippen LogP contribution >= 0.6 is 0 Å². The zero-order valence-corrected chi connectivity index (χ0v) is 20.9. The number of hydrogen-bond donors (Lipinski definition) is 1. The Kier molecular flexibility index (Phi) is 7.09. The summed E-state index contributed by atoms with van der Waals surface area (Å²) in [6, 6.07) is 20.0. The molecule has 36 heavy (non-hydrogen) atoms. The fourth-order valence-corrected chi connectivity index (χ4v) is 4.31. The summed E-state index contributed by atoms with van der Waals surface area (Å²) >= 11 is 0. The number of amides is 1. The summed E-state index contributed by atoms with van der Waals surface area (Å²) in [4.78, 5) is 14.9. The number of carbonyl (C=O) groups is 1. The van der Waals surface area contributed by atoms with Crippen molar-refractivity contribution in [1.82, 2.24) is 9.78 Å². The van der Waals surface area contributed by atoms with Gasteiger partial charge in [-0.1, -0.05) is 19.1 Å². The smallest absolute Gasteiger partial charge is 0.230 e. The van der Waals surface area contributed by atoms with Crippen molar-refractivity contribution < 1.29 is 23.8 Å². The highest BCUT2D eigenvalue weighted by Crippen LogP contribution is 2.41. The third kappa shape index (κ3) is 5.55. The number of halogens is 1. The molecule has 1 saturated heterocycles. The number of carbonyl (C=O) groups excluding carboxylic acids is 1. The van der Waals surface area contributed by atoms with Crippen molar-refractivity contribution in [3.63, 3.8) is 0 Å². The number of ether oxygens (including phenoxy) is 1. The Balaban J connectivity index is 0.000000581. The van der Waals surface area contributed by atoms with E-state index < -0.39 is 10.0 Å². The molecule has 2 heterocycles. The summed E-state index contributed by atoms with van der Waals surface area (Å²) in [5, 5.41) is 9.72. The highest BCUT2D eigenvalue weighted by Gasteiger charge is 2.38. The van der Waals surface area contributed by atoms with Crippen molar-refractivity contribution in [3.8, 4) is 11.4 Å². The summed E-state index contributed by atoms with van der Waals surface area (Å²) in [5.41, 5.74) is 3.61. The van der Waals surface area contributed by atoms with Crippen molar-refractivity contribution in [2.45, 2.75) is 19.4 Å². The molecule has 2 N–H and O–H groups in total. The zero-order valence-electron chi connectivity index (χ0n) is 20.1. The van der Waals surface area contributed by atoms with Gasteiger partial charge >= 0.3 is 0 Å². The van der Waals surface area contributed by atoms with Gasteiger partial charge in [0.15, 0.2) is 0 Å². The van der Waals surface area contributed by atoms with Crippen LogP contribution < -0.4 is 14.8 Å². The summed E-state index contributed by atoms with van der Waals surface area (Å²) in [6.45, 7) is 1.98. The number of rotatable bonds is 4. The molecule has 3 aromatic carbocycles. The van der Waals surface area contributed by atoms with Gasteiger partial charge in [-0.25, -0.2) is 22.6 Å². The summed E-state index contributed by atoms with van der Waals surface area (Å²) < 4.78 is 39.1. The molecule has 0 saturated carbocycles. The number of benzene rings is 3. The zero-order chi connectivity index (χ0) is 26.0. The molecule has 190 valence electrons. The fraction of sp³-hybridized carbons (Fsp3) is 0.231. The Morgan fingerprint density at radius 3 is 2.28 bits per heavy atom.